The van der Waals surface area contributed by atoms with Gasteiger partial charge in [-0.05, 0) is 12.5 Å². The van der Waals surface area contributed by atoms with Crippen LogP contribution in [-0.4, -0.2) is 37.3 Å². The number of carbonyl (C=O) groups is 2. The van der Waals surface area contributed by atoms with Gasteiger partial charge in [0.05, 0.1) is 16.8 Å². The predicted molar refractivity (Wildman–Crippen MR) is 111 cm³/mol. The highest BCUT2D eigenvalue weighted by Crippen LogP contribution is 2.27. The monoisotopic (exact) mass is 424 g/mol. The van der Waals surface area contributed by atoms with Gasteiger partial charge in [0, 0.05) is 17.4 Å². The van der Waals surface area contributed by atoms with Gasteiger partial charge in [0.2, 0.25) is 0 Å². The zero-order chi connectivity index (χ0) is 21.4. The Labute approximate surface area is 173 Å². The number of fused-ring (bicyclic) bond motifs is 1. The Bertz CT molecular complexity index is 1310. The fourth-order valence-electron chi connectivity index (χ4n) is 3.16. The fraction of sp³-hybridized carbons (Fsp3) is 0.158. The Morgan fingerprint density at radius 3 is 2.57 bits per heavy atom. The molecule has 0 bridgehead atoms. The summed E-state index contributed by atoms with van der Waals surface area (Å²) in [4.78, 5) is 52.1. The molecule has 30 heavy (non-hydrogen) atoms. The molecule has 0 unspecified atom stereocenters. The summed E-state index contributed by atoms with van der Waals surface area (Å²) in [5, 5.41) is 10.6. The van der Waals surface area contributed by atoms with E-state index in [1.54, 1.807) is 24.3 Å². The third-order valence-electron chi connectivity index (χ3n) is 4.47. The predicted octanol–water partition coefficient (Wildman–Crippen LogP) is 0.951. The molecule has 3 heterocycles. The lowest BCUT2D eigenvalue weighted by atomic mass is 10.1. The highest BCUT2D eigenvalue weighted by molar-refractivity contribution is 7.99. The van der Waals surface area contributed by atoms with E-state index in [0.29, 0.717) is 10.7 Å². The van der Waals surface area contributed by atoms with E-state index in [1.807, 2.05) is 6.92 Å². The number of hydrogen-bond donors (Lipinski definition) is 3. The highest BCUT2D eigenvalue weighted by atomic mass is 32.2. The molecule has 1 aromatic carbocycles. The van der Waals surface area contributed by atoms with Gasteiger partial charge in [0.1, 0.15) is 5.82 Å². The van der Waals surface area contributed by atoms with Gasteiger partial charge >= 0.3 is 0 Å². The minimum absolute atomic E-state index is 0.00113. The van der Waals surface area contributed by atoms with E-state index >= 15 is 0 Å². The molecule has 0 fully saturated rings. The largest absolute Gasteiger partial charge is 0.384 e. The number of hydrogen-bond acceptors (Lipinski definition) is 8. The van der Waals surface area contributed by atoms with Crippen LogP contribution in [0.3, 0.4) is 0 Å². The minimum atomic E-state index is -0.686. The van der Waals surface area contributed by atoms with Crippen LogP contribution in [0.15, 0.2) is 45.1 Å². The van der Waals surface area contributed by atoms with Crippen molar-refractivity contribution in [2.75, 3.05) is 11.5 Å². The molecular weight excluding hydrogens is 408 g/mol. The second-order valence-electron chi connectivity index (χ2n) is 6.45. The number of pyridine rings is 1. The first-order valence-electron chi connectivity index (χ1n) is 9.03. The molecule has 0 saturated carbocycles. The number of H-pyrrole nitrogens is 1. The number of nitrogens with two attached hydrogens (primary N) is 1. The number of benzene rings is 1. The Kier molecular flexibility index (Phi) is 4.96. The van der Waals surface area contributed by atoms with Gasteiger partial charge in [-0.3, -0.25) is 34.0 Å². The van der Waals surface area contributed by atoms with Crippen molar-refractivity contribution in [3.63, 3.8) is 0 Å². The van der Waals surface area contributed by atoms with Crippen LogP contribution in [0.5, 0.6) is 0 Å². The molecule has 2 amide bonds. The molecule has 11 heteroatoms. The van der Waals surface area contributed by atoms with Crippen LogP contribution in [-0.2, 0) is 0 Å². The van der Waals surface area contributed by atoms with E-state index in [2.05, 4.69) is 20.5 Å². The number of amides is 2. The van der Waals surface area contributed by atoms with Crippen LogP contribution in [0, 0.1) is 0 Å². The van der Waals surface area contributed by atoms with Crippen molar-refractivity contribution in [1.29, 1.82) is 0 Å². The quantitative estimate of drug-likeness (QED) is 0.404. The second kappa shape index (κ2) is 7.59. The van der Waals surface area contributed by atoms with Gasteiger partial charge < -0.3 is 5.73 Å². The van der Waals surface area contributed by atoms with Crippen molar-refractivity contribution in [2.45, 2.75) is 18.5 Å². The number of anilines is 1. The fourth-order valence-corrected chi connectivity index (χ4v) is 3.82. The Hall–Kier alpha value is -3.73. The first kappa shape index (κ1) is 19.6. The maximum absolute atomic E-state index is 12.8. The maximum atomic E-state index is 12.8. The molecule has 10 nitrogen and oxygen atoms in total. The van der Waals surface area contributed by atoms with Gasteiger partial charge in [-0.1, -0.05) is 36.9 Å². The molecule has 1 aliphatic rings. The molecule has 4 N–H and O–H groups in total. The summed E-state index contributed by atoms with van der Waals surface area (Å²) >= 11 is 1.38. The highest BCUT2D eigenvalue weighted by Gasteiger charge is 2.32. The molecule has 0 atom stereocenters. The number of para-hydroxylation sites is 1. The number of imide groups is 1. The molecule has 0 saturated heterocycles. The van der Waals surface area contributed by atoms with Crippen molar-refractivity contribution < 1.29 is 9.59 Å². The Balaban J connectivity index is 1.90. The average Bonchev–Trinajstić information content (AvgIpc) is 3.00. The number of aromatic nitrogens is 4. The van der Waals surface area contributed by atoms with Gasteiger partial charge in [-0.15, -0.1) is 10.2 Å². The molecule has 0 radical (unpaired) electrons. The van der Waals surface area contributed by atoms with E-state index in [4.69, 9.17) is 5.73 Å². The summed E-state index contributed by atoms with van der Waals surface area (Å²) in [5.41, 5.74) is 5.39. The smallest absolute Gasteiger partial charge is 0.278 e. The Morgan fingerprint density at radius 2 is 1.83 bits per heavy atom. The first-order chi connectivity index (χ1) is 14.4. The standard InChI is InChI=1S/C19H16N6O4S/c1-2-7-30-19-22-18(29)14(23-24-19)9-5-3-4-6-11(9)25-12(26)8-10-13(15(25)20)17(28)21-16(10)27/h3-6,8H,2,7,20H2,1H3,(H,21,27,28)(H,22,24,29). The van der Waals surface area contributed by atoms with E-state index < -0.39 is 22.9 Å². The second-order valence-corrected chi connectivity index (χ2v) is 7.53. The number of nitrogens with zero attached hydrogens (tertiary/aromatic N) is 3. The van der Waals surface area contributed by atoms with Crippen molar-refractivity contribution in [3.8, 4) is 16.9 Å². The van der Waals surface area contributed by atoms with Crippen molar-refractivity contribution in [2.24, 2.45) is 0 Å². The van der Waals surface area contributed by atoms with Gasteiger partial charge in [-0.2, -0.15) is 0 Å². The number of aromatic amines is 1. The summed E-state index contributed by atoms with van der Waals surface area (Å²) in [6.45, 7) is 2.01. The third kappa shape index (κ3) is 3.18. The number of thioether (sulfide) groups is 1. The summed E-state index contributed by atoms with van der Waals surface area (Å²) in [6, 6.07) is 7.52. The van der Waals surface area contributed by atoms with Crippen LogP contribution >= 0.6 is 11.8 Å². The molecule has 1 aliphatic heterocycles. The van der Waals surface area contributed by atoms with Gasteiger partial charge in [0.15, 0.2) is 10.9 Å². The van der Waals surface area contributed by atoms with Crippen LogP contribution in [0.4, 0.5) is 5.82 Å². The van der Waals surface area contributed by atoms with Crippen LogP contribution in [0.25, 0.3) is 16.9 Å². The lowest BCUT2D eigenvalue weighted by Crippen LogP contribution is -2.25. The van der Waals surface area contributed by atoms with Crippen molar-refractivity contribution in [1.82, 2.24) is 25.1 Å². The van der Waals surface area contributed by atoms with Crippen LogP contribution < -0.4 is 22.2 Å². The van der Waals surface area contributed by atoms with Gasteiger partial charge in [0.25, 0.3) is 22.9 Å². The minimum Gasteiger partial charge on any atom is -0.384 e. The third-order valence-corrected chi connectivity index (χ3v) is 5.54. The van der Waals surface area contributed by atoms with Crippen molar-refractivity contribution >= 4 is 29.4 Å². The normalized spacial score (nSPS) is 12.7. The number of nitrogen functional groups attached to an aromatic ring is 1. The number of rotatable bonds is 5. The molecule has 152 valence electrons. The number of nitrogens with one attached hydrogen (secondary N) is 2. The molecule has 2 aromatic heterocycles. The topological polar surface area (TPSA) is 153 Å². The summed E-state index contributed by atoms with van der Waals surface area (Å²) in [5.74, 6) is -0.786. The van der Waals surface area contributed by atoms with E-state index in [0.717, 1.165) is 22.8 Å². The van der Waals surface area contributed by atoms with E-state index in [9.17, 15) is 19.2 Å². The SMILES string of the molecule is CCCSc1nnc(-c2ccccc2-n2c(N)c3c(cc2=O)C(=O)NC3=O)c(=O)[nH]1. The maximum Gasteiger partial charge on any atom is 0.278 e. The first-order valence-corrected chi connectivity index (χ1v) is 10.0. The summed E-state index contributed by atoms with van der Waals surface area (Å²) < 4.78 is 1.08. The average molecular weight is 424 g/mol. The lowest BCUT2D eigenvalue weighted by molar-refractivity contribution is 0.0880. The molecule has 0 spiro atoms. The number of carbonyl (C=O) groups excluding carboxylic acids is 2. The summed E-state index contributed by atoms with van der Waals surface area (Å²) in [6.07, 6.45) is 0.912. The zero-order valence-corrected chi connectivity index (χ0v) is 16.6. The van der Waals surface area contributed by atoms with Crippen LogP contribution in [0.2, 0.25) is 0 Å². The zero-order valence-electron chi connectivity index (χ0n) is 15.8. The molecule has 4 rings (SSSR count). The summed E-state index contributed by atoms with van der Waals surface area (Å²) in [7, 11) is 0. The van der Waals surface area contributed by atoms with E-state index in [-0.39, 0.29) is 28.3 Å². The molecule has 0 aliphatic carbocycles. The van der Waals surface area contributed by atoms with Crippen LogP contribution in [0.1, 0.15) is 34.1 Å². The lowest BCUT2D eigenvalue weighted by Gasteiger charge is -2.15. The van der Waals surface area contributed by atoms with E-state index in [1.165, 1.54) is 11.8 Å². The van der Waals surface area contributed by atoms with Gasteiger partial charge in [-0.25, -0.2) is 0 Å². The Morgan fingerprint density at radius 1 is 1.07 bits per heavy atom. The molecule has 3 aromatic rings. The van der Waals surface area contributed by atoms with Crippen molar-refractivity contribution in [3.05, 3.63) is 62.2 Å². The molecular formula is C19H16N6O4S.